The summed E-state index contributed by atoms with van der Waals surface area (Å²) in [7, 11) is 3.34. The van der Waals surface area contributed by atoms with Crippen LogP contribution in [0.2, 0.25) is 0 Å². The van der Waals surface area contributed by atoms with Gasteiger partial charge in [0.25, 0.3) is 0 Å². The fourth-order valence-electron chi connectivity index (χ4n) is 3.42. The number of aryl methyl sites for hydroxylation is 1. The van der Waals surface area contributed by atoms with Crippen LogP contribution in [0.15, 0.2) is 29.5 Å². The van der Waals surface area contributed by atoms with Crippen LogP contribution in [0.25, 0.3) is 0 Å². The lowest BCUT2D eigenvalue weighted by Gasteiger charge is -2.21. The molecule has 9 nitrogen and oxygen atoms in total. The second-order valence-electron chi connectivity index (χ2n) is 6.88. The number of aliphatic imine (C=N–C) groups is 1. The van der Waals surface area contributed by atoms with E-state index in [1.54, 1.807) is 20.5 Å². The second-order valence-corrected chi connectivity index (χ2v) is 6.88. The number of halogens is 1. The Morgan fingerprint density at radius 2 is 1.93 bits per heavy atom. The lowest BCUT2D eigenvalue weighted by Crippen LogP contribution is -2.44. The second kappa shape index (κ2) is 11.8. The Labute approximate surface area is 195 Å². The summed E-state index contributed by atoms with van der Waals surface area (Å²) in [5.41, 5.74) is 1.10. The van der Waals surface area contributed by atoms with Crippen LogP contribution in [0.4, 0.5) is 5.69 Å². The number of guanidine groups is 1. The van der Waals surface area contributed by atoms with Crippen molar-refractivity contribution in [2.24, 2.45) is 4.99 Å². The smallest absolute Gasteiger partial charge is 0.191 e. The SMILES string of the molecule is CCNC(=NCc1nncn1CC)NC1CCN(c2cc(OC)cc(OC)c2)C1.I. The average molecular weight is 529 g/mol. The third-order valence-electron chi connectivity index (χ3n) is 4.99. The summed E-state index contributed by atoms with van der Waals surface area (Å²) in [6.45, 7) is 8.10. The van der Waals surface area contributed by atoms with Gasteiger partial charge in [0.2, 0.25) is 0 Å². The molecule has 1 aliphatic heterocycles. The van der Waals surface area contributed by atoms with Crippen molar-refractivity contribution in [1.29, 1.82) is 0 Å². The van der Waals surface area contributed by atoms with E-state index in [1.807, 2.05) is 22.8 Å². The Morgan fingerprint density at radius 3 is 2.57 bits per heavy atom. The first-order valence-electron chi connectivity index (χ1n) is 10.1. The summed E-state index contributed by atoms with van der Waals surface area (Å²) >= 11 is 0. The van der Waals surface area contributed by atoms with Gasteiger partial charge in [-0.1, -0.05) is 0 Å². The van der Waals surface area contributed by atoms with Crippen LogP contribution in [0.1, 0.15) is 26.1 Å². The average Bonchev–Trinajstić information content (AvgIpc) is 3.40. The number of anilines is 1. The van der Waals surface area contributed by atoms with Crippen LogP contribution < -0.4 is 25.0 Å². The van der Waals surface area contributed by atoms with Crippen molar-refractivity contribution in [3.05, 3.63) is 30.4 Å². The Balaban J connectivity index is 0.00000320. The minimum absolute atomic E-state index is 0. The highest BCUT2D eigenvalue weighted by molar-refractivity contribution is 14.0. The maximum absolute atomic E-state index is 5.40. The Kier molecular flexibility index (Phi) is 9.47. The molecule has 3 rings (SSSR count). The van der Waals surface area contributed by atoms with Crippen LogP contribution in [0.5, 0.6) is 11.5 Å². The molecule has 30 heavy (non-hydrogen) atoms. The molecular formula is C20H32IN7O2. The molecule has 2 heterocycles. The number of aromatic nitrogens is 3. The highest BCUT2D eigenvalue weighted by Crippen LogP contribution is 2.30. The molecule has 0 bridgehead atoms. The van der Waals surface area contributed by atoms with Gasteiger partial charge in [-0.2, -0.15) is 0 Å². The summed E-state index contributed by atoms with van der Waals surface area (Å²) in [5.74, 6) is 3.26. The van der Waals surface area contributed by atoms with Crippen LogP contribution >= 0.6 is 24.0 Å². The van der Waals surface area contributed by atoms with E-state index in [9.17, 15) is 0 Å². The third-order valence-corrected chi connectivity index (χ3v) is 4.99. The van der Waals surface area contributed by atoms with Gasteiger partial charge in [-0.15, -0.1) is 34.2 Å². The summed E-state index contributed by atoms with van der Waals surface area (Å²) in [4.78, 5) is 7.03. The molecule has 0 aliphatic carbocycles. The van der Waals surface area contributed by atoms with Crippen LogP contribution in [0, 0.1) is 0 Å². The van der Waals surface area contributed by atoms with Crippen molar-refractivity contribution in [2.45, 2.75) is 39.4 Å². The molecule has 1 fully saturated rings. The van der Waals surface area contributed by atoms with E-state index >= 15 is 0 Å². The zero-order chi connectivity index (χ0) is 20.6. The molecule has 0 spiro atoms. The number of methoxy groups -OCH3 is 2. The number of hydrogen-bond donors (Lipinski definition) is 2. The van der Waals surface area contributed by atoms with Gasteiger partial charge in [0.05, 0.1) is 14.2 Å². The first-order valence-corrected chi connectivity index (χ1v) is 10.1. The van der Waals surface area contributed by atoms with E-state index in [0.29, 0.717) is 12.6 Å². The summed E-state index contributed by atoms with van der Waals surface area (Å²) in [5, 5.41) is 15.0. The van der Waals surface area contributed by atoms with Gasteiger partial charge in [0.1, 0.15) is 24.4 Å². The van der Waals surface area contributed by atoms with Crippen LogP contribution in [-0.4, -0.2) is 60.6 Å². The molecule has 10 heteroatoms. The molecule has 2 N–H and O–H groups in total. The summed E-state index contributed by atoms with van der Waals surface area (Å²) < 4.78 is 12.8. The number of hydrogen-bond acceptors (Lipinski definition) is 6. The van der Waals surface area contributed by atoms with Crippen molar-refractivity contribution in [1.82, 2.24) is 25.4 Å². The van der Waals surface area contributed by atoms with Gasteiger partial charge < -0.3 is 29.6 Å². The number of rotatable bonds is 8. The number of nitrogens with zero attached hydrogens (tertiary/aromatic N) is 5. The molecule has 1 unspecified atom stereocenters. The Hall–Kier alpha value is -2.24. The molecule has 166 valence electrons. The topological polar surface area (TPSA) is 88.8 Å². The maximum Gasteiger partial charge on any atom is 0.191 e. The normalized spacial score (nSPS) is 16.2. The first-order chi connectivity index (χ1) is 14.2. The summed E-state index contributed by atoms with van der Waals surface area (Å²) in [6, 6.07) is 6.28. The van der Waals surface area contributed by atoms with Crippen molar-refractivity contribution in [3.8, 4) is 11.5 Å². The predicted octanol–water partition coefficient (Wildman–Crippen LogP) is 2.27. The van der Waals surface area contributed by atoms with E-state index in [-0.39, 0.29) is 24.0 Å². The van der Waals surface area contributed by atoms with Crippen molar-refractivity contribution < 1.29 is 9.47 Å². The fraction of sp³-hybridized carbons (Fsp3) is 0.550. The molecule has 1 atom stereocenters. The maximum atomic E-state index is 5.40. The van der Waals surface area contributed by atoms with E-state index in [2.05, 4.69) is 39.6 Å². The molecule has 2 aromatic rings. The number of nitrogens with one attached hydrogen (secondary N) is 2. The lowest BCUT2D eigenvalue weighted by atomic mass is 10.2. The molecule has 1 aromatic heterocycles. The number of ether oxygens (including phenoxy) is 2. The highest BCUT2D eigenvalue weighted by atomic mass is 127. The quantitative estimate of drug-likeness (QED) is 0.308. The van der Waals surface area contributed by atoms with Gasteiger partial charge in [0, 0.05) is 56.1 Å². The monoisotopic (exact) mass is 529 g/mol. The fourth-order valence-corrected chi connectivity index (χ4v) is 3.42. The molecular weight excluding hydrogens is 497 g/mol. The van der Waals surface area contributed by atoms with Crippen molar-refractivity contribution in [3.63, 3.8) is 0 Å². The van der Waals surface area contributed by atoms with Crippen LogP contribution in [-0.2, 0) is 13.1 Å². The lowest BCUT2D eigenvalue weighted by molar-refractivity contribution is 0.394. The van der Waals surface area contributed by atoms with E-state index in [1.165, 1.54) is 0 Å². The third kappa shape index (κ3) is 6.13. The minimum Gasteiger partial charge on any atom is -0.497 e. The van der Waals surface area contributed by atoms with Gasteiger partial charge in [-0.3, -0.25) is 0 Å². The molecule has 1 aliphatic rings. The minimum atomic E-state index is 0. The largest absolute Gasteiger partial charge is 0.497 e. The predicted molar refractivity (Wildman–Crippen MR) is 129 cm³/mol. The van der Waals surface area contributed by atoms with E-state index in [0.717, 1.165) is 61.6 Å². The Morgan fingerprint density at radius 1 is 1.20 bits per heavy atom. The van der Waals surface area contributed by atoms with Gasteiger partial charge in [-0.05, 0) is 20.3 Å². The van der Waals surface area contributed by atoms with Crippen molar-refractivity contribution >= 4 is 35.6 Å². The zero-order valence-corrected chi connectivity index (χ0v) is 20.4. The molecule has 1 saturated heterocycles. The van der Waals surface area contributed by atoms with E-state index in [4.69, 9.17) is 14.5 Å². The number of benzene rings is 1. The zero-order valence-electron chi connectivity index (χ0n) is 18.1. The molecule has 1 aromatic carbocycles. The van der Waals surface area contributed by atoms with Crippen LogP contribution in [0.3, 0.4) is 0 Å². The molecule has 0 saturated carbocycles. The standard InChI is InChI=1S/C20H31N7O2.HI/c1-5-21-20(22-12-19-25-23-14-26(19)6-2)24-15-7-8-27(13-15)16-9-17(28-3)11-18(10-16)29-4;/h9-11,14-15H,5-8,12-13H2,1-4H3,(H2,21,22,24);1H. The van der Waals surface area contributed by atoms with E-state index < -0.39 is 0 Å². The molecule has 0 amide bonds. The summed E-state index contributed by atoms with van der Waals surface area (Å²) in [6.07, 6.45) is 2.76. The highest BCUT2D eigenvalue weighted by Gasteiger charge is 2.24. The van der Waals surface area contributed by atoms with Crippen molar-refractivity contribution in [2.75, 3.05) is 38.8 Å². The Bertz CT molecular complexity index is 805. The van der Waals surface area contributed by atoms with Gasteiger partial charge in [-0.25, -0.2) is 4.99 Å². The van der Waals surface area contributed by atoms with Gasteiger partial charge >= 0.3 is 0 Å². The van der Waals surface area contributed by atoms with Gasteiger partial charge in [0.15, 0.2) is 11.8 Å². The first kappa shape index (κ1) is 24.0. The molecule has 0 radical (unpaired) electrons.